The van der Waals surface area contributed by atoms with Crippen LogP contribution in [-0.2, 0) is 0 Å². The first-order valence-corrected chi connectivity index (χ1v) is 9.49. The highest BCUT2D eigenvalue weighted by Gasteiger charge is 2.23. The van der Waals surface area contributed by atoms with Crippen molar-refractivity contribution in [1.82, 2.24) is 19.6 Å². The van der Waals surface area contributed by atoms with E-state index < -0.39 is 0 Å². The molecule has 5 heterocycles. The Morgan fingerprint density at radius 3 is 2.72 bits per heavy atom. The van der Waals surface area contributed by atoms with Crippen LogP contribution in [0.15, 0.2) is 22.8 Å². The average Bonchev–Trinajstić information content (AvgIpc) is 3.34. The molecule has 25 heavy (non-hydrogen) atoms. The molecule has 0 radical (unpaired) electrons. The van der Waals surface area contributed by atoms with E-state index in [9.17, 15) is 0 Å². The van der Waals surface area contributed by atoms with Gasteiger partial charge in [-0.25, -0.2) is 9.97 Å². The molecule has 1 saturated heterocycles. The summed E-state index contributed by atoms with van der Waals surface area (Å²) in [5.41, 5.74) is 2.11. The number of thiophene rings is 1. The first-order valence-electron chi connectivity index (χ1n) is 8.67. The normalized spacial score (nSPS) is 15.5. The Morgan fingerprint density at radius 2 is 1.96 bits per heavy atom. The molecule has 0 atom stereocenters. The molecule has 0 bridgehead atoms. The van der Waals surface area contributed by atoms with Crippen LogP contribution in [0.25, 0.3) is 27.4 Å². The van der Waals surface area contributed by atoms with Crippen molar-refractivity contribution in [3.63, 3.8) is 0 Å². The summed E-state index contributed by atoms with van der Waals surface area (Å²) in [6.45, 7) is 6.32. The first kappa shape index (κ1) is 14.9. The fourth-order valence-electron chi connectivity index (χ4n) is 3.51. The van der Waals surface area contributed by atoms with Crippen molar-refractivity contribution >= 4 is 33.1 Å². The van der Waals surface area contributed by atoms with Gasteiger partial charge >= 0.3 is 0 Å². The van der Waals surface area contributed by atoms with Gasteiger partial charge in [0.25, 0.3) is 0 Å². The molecule has 0 aromatic carbocycles. The molecule has 0 aliphatic carbocycles. The predicted molar refractivity (Wildman–Crippen MR) is 99.4 cm³/mol. The lowest BCUT2D eigenvalue weighted by Gasteiger charge is -2.27. The maximum absolute atomic E-state index is 5.51. The Hall–Kier alpha value is -2.41. The smallest absolute Gasteiger partial charge is 0.229 e. The van der Waals surface area contributed by atoms with Crippen molar-refractivity contribution in [1.29, 1.82) is 0 Å². The number of fused-ring (bicyclic) bond motifs is 3. The van der Waals surface area contributed by atoms with Crippen molar-refractivity contribution in [3.05, 3.63) is 28.8 Å². The number of nitrogens with zero attached hydrogens (tertiary/aromatic N) is 5. The van der Waals surface area contributed by atoms with Gasteiger partial charge < -0.3 is 9.32 Å². The molecule has 0 amide bonds. The highest BCUT2D eigenvalue weighted by atomic mass is 32.1. The summed E-state index contributed by atoms with van der Waals surface area (Å²) in [6.07, 6.45) is 5.33. The monoisotopic (exact) mass is 353 g/mol. The van der Waals surface area contributed by atoms with Gasteiger partial charge in [0.05, 0.1) is 11.6 Å². The van der Waals surface area contributed by atoms with Crippen molar-refractivity contribution in [3.8, 4) is 11.6 Å². The van der Waals surface area contributed by atoms with E-state index in [-0.39, 0.29) is 0 Å². The third kappa shape index (κ3) is 2.26. The van der Waals surface area contributed by atoms with Gasteiger partial charge in [-0.2, -0.15) is 4.52 Å². The van der Waals surface area contributed by atoms with E-state index in [1.54, 1.807) is 17.6 Å². The second-order valence-corrected chi connectivity index (χ2v) is 7.77. The van der Waals surface area contributed by atoms with Crippen molar-refractivity contribution in [2.45, 2.75) is 33.1 Å². The third-order valence-electron chi connectivity index (χ3n) is 4.97. The summed E-state index contributed by atoms with van der Waals surface area (Å²) < 4.78 is 7.42. The van der Waals surface area contributed by atoms with Gasteiger partial charge in [0.2, 0.25) is 11.8 Å². The van der Waals surface area contributed by atoms with Crippen LogP contribution in [0.1, 0.15) is 29.7 Å². The Bertz CT molecular complexity index is 1060. The Morgan fingerprint density at radius 1 is 1.12 bits per heavy atom. The van der Waals surface area contributed by atoms with Gasteiger partial charge in [0.1, 0.15) is 4.83 Å². The number of hydrogen-bond acceptors (Lipinski definition) is 6. The minimum absolute atomic E-state index is 0.612. The van der Waals surface area contributed by atoms with Gasteiger partial charge in [0, 0.05) is 18.0 Å². The number of piperidine rings is 1. The molecule has 6 nitrogen and oxygen atoms in total. The van der Waals surface area contributed by atoms with Crippen molar-refractivity contribution < 1.29 is 4.42 Å². The van der Waals surface area contributed by atoms with Gasteiger partial charge in [-0.3, -0.25) is 0 Å². The molecule has 7 heteroatoms. The van der Waals surface area contributed by atoms with E-state index in [4.69, 9.17) is 19.5 Å². The summed E-state index contributed by atoms with van der Waals surface area (Å²) in [6, 6.07) is 3.76. The lowest BCUT2D eigenvalue weighted by molar-refractivity contribution is 0.562. The number of hydrogen-bond donors (Lipinski definition) is 0. The third-order valence-corrected chi connectivity index (χ3v) is 6.07. The Kier molecular flexibility index (Phi) is 3.31. The van der Waals surface area contributed by atoms with Crippen LogP contribution < -0.4 is 4.90 Å². The molecule has 0 unspecified atom stereocenters. The maximum atomic E-state index is 5.51. The van der Waals surface area contributed by atoms with E-state index in [0.717, 1.165) is 34.9 Å². The molecule has 1 aliphatic rings. The SMILES string of the molecule is Cc1sc2nc(N3CCCCC3)n3nc(-c4ccco4)nc3c2c1C. The zero-order valence-corrected chi connectivity index (χ0v) is 15.1. The van der Waals surface area contributed by atoms with Crippen LogP contribution >= 0.6 is 11.3 Å². The molecule has 1 aliphatic heterocycles. The lowest BCUT2D eigenvalue weighted by Crippen LogP contribution is -2.32. The number of anilines is 1. The summed E-state index contributed by atoms with van der Waals surface area (Å²) in [5, 5.41) is 5.85. The first-order chi connectivity index (χ1) is 12.2. The van der Waals surface area contributed by atoms with Gasteiger partial charge in [0.15, 0.2) is 11.4 Å². The maximum Gasteiger partial charge on any atom is 0.229 e. The highest BCUT2D eigenvalue weighted by Crippen LogP contribution is 2.35. The topological polar surface area (TPSA) is 59.5 Å². The number of aryl methyl sites for hydroxylation is 2. The van der Waals surface area contributed by atoms with Crippen molar-refractivity contribution in [2.75, 3.05) is 18.0 Å². The fraction of sp³-hybridized carbons (Fsp3) is 0.389. The van der Waals surface area contributed by atoms with Crippen LogP contribution in [0.5, 0.6) is 0 Å². The molecule has 5 rings (SSSR count). The van der Waals surface area contributed by atoms with Gasteiger partial charge in [-0.1, -0.05) is 0 Å². The van der Waals surface area contributed by atoms with E-state index in [0.29, 0.717) is 11.6 Å². The van der Waals surface area contributed by atoms with Crippen LogP contribution in [0.2, 0.25) is 0 Å². The summed E-state index contributed by atoms with van der Waals surface area (Å²) in [4.78, 5) is 14.4. The quantitative estimate of drug-likeness (QED) is 0.540. The van der Waals surface area contributed by atoms with E-state index in [1.165, 1.54) is 29.7 Å². The molecule has 128 valence electrons. The average molecular weight is 353 g/mol. The number of aromatic nitrogens is 4. The van der Waals surface area contributed by atoms with Crippen LogP contribution in [0, 0.1) is 13.8 Å². The molecule has 1 fully saturated rings. The van der Waals surface area contributed by atoms with Crippen LogP contribution in [0.3, 0.4) is 0 Å². The van der Waals surface area contributed by atoms with E-state index in [2.05, 4.69) is 18.7 Å². The van der Waals surface area contributed by atoms with Gasteiger partial charge in [-0.05, 0) is 50.8 Å². The number of rotatable bonds is 2. The number of furan rings is 1. The highest BCUT2D eigenvalue weighted by molar-refractivity contribution is 7.18. The second-order valence-electron chi connectivity index (χ2n) is 6.57. The molecular weight excluding hydrogens is 334 g/mol. The predicted octanol–water partition coefficient (Wildman–Crippen LogP) is 4.21. The fourth-order valence-corrected chi connectivity index (χ4v) is 4.53. The Labute approximate surface area is 149 Å². The van der Waals surface area contributed by atoms with Crippen LogP contribution in [0.4, 0.5) is 5.95 Å². The second kappa shape index (κ2) is 5.56. The molecule has 0 saturated carbocycles. The van der Waals surface area contributed by atoms with Crippen LogP contribution in [-0.4, -0.2) is 32.7 Å². The van der Waals surface area contributed by atoms with E-state index in [1.807, 2.05) is 16.6 Å². The molecular formula is C18H19N5OS. The summed E-state index contributed by atoms with van der Waals surface area (Å²) in [5.74, 6) is 2.20. The molecule has 4 aromatic rings. The largest absolute Gasteiger partial charge is 0.461 e. The van der Waals surface area contributed by atoms with Gasteiger partial charge in [-0.15, -0.1) is 16.4 Å². The standard InChI is InChI=1S/C18H19N5OS/c1-11-12(2)25-17-14(11)16-19-15(13-7-6-10-24-13)21-23(16)18(20-17)22-8-4-3-5-9-22/h6-7,10H,3-5,8-9H2,1-2H3. The summed E-state index contributed by atoms with van der Waals surface area (Å²) in [7, 11) is 0. The Balaban J connectivity index is 1.82. The molecule has 0 N–H and O–H groups in total. The van der Waals surface area contributed by atoms with Crippen molar-refractivity contribution in [2.24, 2.45) is 0 Å². The minimum Gasteiger partial charge on any atom is -0.461 e. The minimum atomic E-state index is 0.612. The molecule has 4 aromatic heterocycles. The zero-order chi connectivity index (χ0) is 17.0. The summed E-state index contributed by atoms with van der Waals surface area (Å²) >= 11 is 1.74. The van der Waals surface area contributed by atoms with E-state index >= 15 is 0 Å². The zero-order valence-electron chi connectivity index (χ0n) is 14.3. The lowest BCUT2D eigenvalue weighted by atomic mass is 10.1. The molecule has 0 spiro atoms.